The van der Waals surface area contributed by atoms with E-state index in [1.165, 1.54) is 35.3 Å². The van der Waals surface area contributed by atoms with Crippen molar-refractivity contribution < 1.29 is 18.0 Å². The Hall–Kier alpha value is -3.33. The van der Waals surface area contributed by atoms with Crippen LogP contribution in [-0.2, 0) is 6.18 Å². The molecule has 0 aliphatic rings. The third-order valence-electron chi connectivity index (χ3n) is 4.01. The van der Waals surface area contributed by atoms with Crippen LogP contribution in [0.4, 0.5) is 13.2 Å². The number of alkyl halides is 3. The predicted molar refractivity (Wildman–Crippen MR) is 97.0 cm³/mol. The molecular formula is C18H11ClF3N5O. The second-order valence-electron chi connectivity index (χ2n) is 5.84. The van der Waals surface area contributed by atoms with E-state index in [-0.39, 0.29) is 10.7 Å². The fraction of sp³-hybridized carbons (Fsp3) is 0.0556. The molecular weight excluding hydrogens is 395 g/mol. The smallest absolute Gasteiger partial charge is 0.267 e. The number of nitrogens with one attached hydrogen (secondary N) is 1. The van der Waals surface area contributed by atoms with E-state index in [1.54, 1.807) is 24.3 Å². The lowest BCUT2D eigenvalue weighted by Crippen LogP contribution is -2.25. The summed E-state index contributed by atoms with van der Waals surface area (Å²) in [7, 11) is 0. The maximum atomic E-state index is 13.7. The number of nitrogens with zero attached hydrogens (tertiary/aromatic N) is 4. The van der Waals surface area contributed by atoms with Gasteiger partial charge in [0.2, 0.25) is 0 Å². The van der Waals surface area contributed by atoms with E-state index in [0.717, 1.165) is 6.20 Å². The number of hydrogen-bond donors (Lipinski definition) is 1. The Kier molecular flexibility index (Phi) is 4.31. The van der Waals surface area contributed by atoms with Crippen LogP contribution in [0.1, 0.15) is 16.1 Å². The van der Waals surface area contributed by atoms with Crippen LogP contribution in [0.25, 0.3) is 16.7 Å². The molecule has 4 aromatic rings. The average Bonchev–Trinajstić information content (AvgIpc) is 3.26. The van der Waals surface area contributed by atoms with E-state index in [2.05, 4.69) is 15.5 Å². The molecule has 0 aliphatic heterocycles. The summed E-state index contributed by atoms with van der Waals surface area (Å²) in [6, 6.07) is 12.7. The number of hydrogen-bond acceptors (Lipinski definition) is 3. The van der Waals surface area contributed by atoms with Gasteiger partial charge >= 0.3 is 6.18 Å². The van der Waals surface area contributed by atoms with Gasteiger partial charge in [0.1, 0.15) is 6.33 Å². The number of rotatable bonds is 3. The Labute approximate surface area is 161 Å². The van der Waals surface area contributed by atoms with Crippen LogP contribution in [-0.4, -0.2) is 25.3 Å². The number of halogens is 4. The van der Waals surface area contributed by atoms with E-state index in [9.17, 15) is 18.0 Å². The predicted octanol–water partition coefficient (Wildman–Crippen LogP) is 4.28. The molecule has 0 fully saturated rings. The summed E-state index contributed by atoms with van der Waals surface area (Å²) in [6.07, 6.45) is -2.63. The molecule has 0 unspecified atom stereocenters. The minimum Gasteiger partial charge on any atom is -0.267 e. The number of fused-ring (bicyclic) bond motifs is 1. The molecule has 0 spiro atoms. The van der Waals surface area contributed by atoms with Crippen molar-refractivity contribution in [3.63, 3.8) is 0 Å². The fourth-order valence-corrected chi connectivity index (χ4v) is 2.99. The van der Waals surface area contributed by atoms with Crippen molar-refractivity contribution in [1.82, 2.24) is 19.4 Å². The number of carbonyl (C=O) groups excluding carboxylic acids is 1. The number of aromatic nitrogens is 4. The molecule has 142 valence electrons. The van der Waals surface area contributed by atoms with Crippen LogP contribution < -0.4 is 5.43 Å². The molecule has 4 rings (SSSR count). The van der Waals surface area contributed by atoms with Gasteiger partial charge in [0.05, 0.1) is 28.5 Å². The van der Waals surface area contributed by atoms with Crippen LogP contribution in [0.2, 0.25) is 5.02 Å². The van der Waals surface area contributed by atoms with Gasteiger partial charge in [0, 0.05) is 5.02 Å². The molecule has 10 heteroatoms. The van der Waals surface area contributed by atoms with Gasteiger partial charge in [-0.1, -0.05) is 29.8 Å². The van der Waals surface area contributed by atoms with Gasteiger partial charge in [0.25, 0.3) is 5.91 Å². The van der Waals surface area contributed by atoms with Gasteiger partial charge in [0.15, 0.2) is 5.69 Å². The molecule has 0 bridgehead atoms. The minimum atomic E-state index is -4.82. The molecule has 2 aromatic carbocycles. The van der Waals surface area contributed by atoms with Crippen LogP contribution in [0, 0.1) is 0 Å². The monoisotopic (exact) mass is 405 g/mol. The minimum absolute atomic E-state index is 0.0898. The highest BCUT2D eigenvalue weighted by atomic mass is 35.5. The fourth-order valence-electron chi connectivity index (χ4n) is 2.81. The van der Waals surface area contributed by atoms with E-state index in [4.69, 9.17) is 11.6 Å². The Bertz CT molecular complexity index is 1180. The maximum absolute atomic E-state index is 13.7. The summed E-state index contributed by atoms with van der Waals surface area (Å²) < 4.78 is 43.1. The first-order valence-electron chi connectivity index (χ1n) is 7.99. The lowest BCUT2D eigenvalue weighted by atomic mass is 10.2. The van der Waals surface area contributed by atoms with Gasteiger partial charge < -0.3 is 0 Å². The highest BCUT2D eigenvalue weighted by Gasteiger charge is 2.40. The maximum Gasteiger partial charge on any atom is 0.434 e. The highest BCUT2D eigenvalue weighted by Crippen LogP contribution is 2.34. The van der Waals surface area contributed by atoms with Crippen LogP contribution in [0.5, 0.6) is 0 Å². The van der Waals surface area contributed by atoms with Crippen LogP contribution in [0.15, 0.2) is 61.1 Å². The van der Waals surface area contributed by atoms with Gasteiger partial charge in [-0.2, -0.15) is 18.3 Å². The first-order valence-corrected chi connectivity index (χ1v) is 8.37. The van der Waals surface area contributed by atoms with Gasteiger partial charge in [-0.3, -0.25) is 10.2 Å². The topological polar surface area (TPSA) is 64.7 Å². The van der Waals surface area contributed by atoms with E-state index >= 15 is 0 Å². The molecule has 1 amide bonds. The average molecular weight is 406 g/mol. The van der Waals surface area contributed by atoms with Crippen molar-refractivity contribution in [3.8, 4) is 5.69 Å². The van der Waals surface area contributed by atoms with Gasteiger partial charge in [-0.25, -0.2) is 14.3 Å². The van der Waals surface area contributed by atoms with Crippen molar-refractivity contribution in [2.75, 3.05) is 5.43 Å². The third-order valence-corrected chi connectivity index (χ3v) is 4.25. The normalized spacial score (nSPS) is 11.7. The second kappa shape index (κ2) is 6.68. The van der Waals surface area contributed by atoms with E-state index in [0.29, 0.717) is 15.7 Å². The molecule has 0 saturated heterocycles. The molecule has 0 atom stereocenters. The highest BCUT2D eigenvalue weighted by molar-refractivity contribution is 6.30. The summed E-state index contributed by atoms with van der Waals surface area (Å²) in [5.74, 6) is -0.969. The molecule has 2 heterocycles. The lowest BCUT2D eigenvalue weighted by Gasteiger charge is -2.13. The molecule has 0 aliphatic carbocycles. The largest absolute Gasteiger partial charge is 0.434 e. The summed E-state index contributed by atoms with van der Waals surface area (Å²) in [6.45, 7) is 0. The second-order valence-corrected chi connectivity index (χ2v) is 6.28. The third kappa shape index (κ3) is 3.20. The summed E-state index contributed by atoms with van der Waals surface area (Å²) in [5, 5.41) is 4.01. The Balaban J connectivity index is 1.76. The quantitative estimate of drug-likeness (QED) is 0.553. The van der Waals surface area contributed by atoms with Crippen LogP contribution >= 0.6 is 11.6 Å². The summed E-state index contributed by atoms with van der Waals surface area (Å²) in [4.78, 5) is 16.7. The Morgan fingerprint density at radius 1 is 1.11 bits per heavy atom. The van der Waals surface area contributed by atoms with Crippen molar-refractivity contribution in [1.29, 1.82) is 0 Å². The molecule has 1 N–H and O–H groups in total. The van der Waals surface area contributed by atoms with E-state index in [1.807, 2.05) is 0 Å². The first-order chi connectivity index (χ1) is 13.3. The van der Waals surface area contributed by atoms with E-state index < -0.39 is 23.3 Å². The number of carbonyl (C=O) groups is 1. The molecule has 0 saturated carbocycles. The van der Waals surface area contributed by atoms with Crippen molar-refractivity contribution in [2.45, 2.75) is 6.18 Å². The number of para-hydroxylation sites is 2. The van der Waals surface area contributed by atoms with Gasteiger partial charge in [-0.05, 0) is 30.3 Å². The standard InChI is InChI=1S/C18H11ClF3N5O/c19-11-4-3-5-12(8-11)27-16(18(20,21)22)13(9-24-27)17(28)25-26-10-23-14-6-1-2-7-15(14)26/h1-10H,(H,25,28). The number of amides is 1. The Morgan fingerprint density at radius 2 is 1.89 bits per heavy atom. The SMILES string of the molecule is O=C(Nn1cnc2ccccc21)c1cnn(-c2cccc(Cl)c2)c1C(F)(F)F. The zero-order chi connectivity index (χ0) is 19.9. The zero-order valence-electron chi connectivity index (χ0n) is 14.0. The number of imidazole rings is 1. The van der Waals surface area contributed by atoms with Gasteiger partial charge in [-0.15, -0.1) is 0 Å². The molecule has 6 nitrogen and oxygen atoms in total. The lowest BCUT2D eigenvalue weighted by molar-refractivity contribution is -0.143. The van der Waals surface area contributed by atoms with Crippen molar-refractivity contribution >= 4 is 28.5 Å². The zero-order valence-corrected chi connectivity index (χ0v) is 14.7. The molecule has 28 heavy (non-hydrogen) atoms. The van der Waals surface area contributed by atoms with Crippen LogP contribution in [0.3, 0.4) is 0 Å². The first kappa shape index (κ1) is 18.1. The molecule has 2 aromatic heterocycles. The molecule has 0 radical (unpaired) electrons. The van der Waals surface area contributed by atoms with Crippen molar-refractivity contribution in [2.24, 2.45) is 0 Å². The number of benzene rings is 2. The summed E-state index contributed by atoms with van der Waals surface area (Å²) >= 11 is 5.87. The van der Waals surface area contributed by atoms with Crippen molar-refractivity contribution in [3.05, 3.63) is 77.3 Å². The Morgan fingerprint density at radius 3 is 2.64 bits per heavy atom. The summed E-state index contributed by atoms with van der Waals surface area (Å²) in [5.41, 5.74) is 1.82.